The predicted octanol–water partition coefficient (Wildman–Crippen LogP) is 23.8. The van der Waals surface area contributed by atoms with Gasteiger partial charge in [0.2, 0.25) is 0 Å². The maximum Gasteiger partial charge on any atom is 0.306 e. The normalized spacial score (nSPS) is 12.6. The second-order valence-corrected chi connectivity index (χ2v) is 23.1. The Morgan fingerprint density at radius 1 is 0.263 bits per heavy atom. The summed E-state index contributed by atoms with van der Waals surface area (Å²) in [6, 6.07) is 0. The van der Waals surface area contributed by atoms with E-state index in [1.165, 1.54) is 193 Å². The van der Waals surface area contributed by atoms with Gasteiger partial charge in [-0.1, -0.05) is 318 Å². The zero-order valence-electron chi connectivity index (χ0n) is 53.1. The van der Waals surface area contributed by atoms with Gasteiger partial charge in [0.1, 0.15) is 13.2 Å². The van der Waals surface area contributed by atoms with E-state index in [1.54, 1.807) is 0 Å². The molecule has 1 unspecified atom stereocenters. The zero-order valence-corrected chi connectivity index (χ0v) is 53.1. The number of carbonyl (C=O) groups is 3. The van der Waals surface area contributed by atoms with E-state index >= 15 is 0 Å². The lowest BCUT2D eigenvalue weighted by Crippen LogP contribution is -2.30. The quantitative estimate of drug-likeness (QED) is 0.0261. The van der Waals surface area contributed by atoms with Gasteiger partial charge in [0.15, 0.2) is 6.10 Å². The number of allylic oxidation sites excluding steroid dienone is 14. The van der Waals surface area contributed by atoms with E-state index < -0.39 is 6.10 Å². The number of ether oxygens (including phenoxy) is 3. The smallest absolute Gasteiger partial charge is 0.306 e. The number of unbranched alkanes of at least 4 members (excludes halogenated alkanes) is 38. The van der Waals surface area contributed by atoms with Crippen LogP contribution in [0.2, 0.25) is 0 Å². The lowest BCUT2D eigenvalue weighted by molar-refractivity contribution is -0.167. The first kappa shape index (κ1) is 76.6. The molecule has 0 radical (unpaired) electrons. The van der Waals surface area contributed by atoms with Gasteiger partial charge in [0.25, 0.3) is 0 Å². The second kappa shape index (κ2) is 68.1. The van der Waals surface area contributed by atoms with Crippen LogP contribution in [0.3, 0.4) is 0 Å². The monoisotopic (exact) mass is 1110 g/mol. The molecule has 0 aromatic carbocycles. The summed E-state index contributed by atoms with van der Waals surface area (Å²) in [5.74, 6) is -0.893. The summed E-state index contributed by atoms with van der Waals surface area (Å²) < 4.78 is 17.0. The molecule has 0 saturated heterocycles. The molecule has 80 heavy (non-hydrogen) atoms. The molecule has 1 atom stereocenters. The van der Waals surface area contributed by atoms with Gasteiger partial charge in [-0.05, 0) is 96.3 Å². The van der Waals surface area contributed by atoms with E-state index in [1.807, 2.05) is 0 Å². The maximum absolute atomic E-state index is 12.9. The van der Waals surface area contributed by atoms with Crippen molar-refractivity contribution in [2.24, 2.45) is 0 Å². The van der Waals surface area contributed by atoms with Crippen molar-refractivity contribution in [2.75, 3.05) is 13.2 Å². The molecular formula is C74H130O6. The van der Waals surface area contributed by atoms with Crippen LogP contribution >= 0.6 is 0 Å². The van der Waals surface area contributed by atoms with Crippen LogP contribution in [-0.2, 0) is 28.6 Å². The fourth-order valence-corrected chi connectivity index (χ4v) is 9.97. The van der Waals surface area contributed by atoms with Crippen LogP contribution in [0.1, 0.15) is 348 Å². The van der Waals surface area contributed by atoms with E-state index in [9.17, 15) is 14.4 Å². The zero-order chi connectivity index (χ0) is 57.8. The number of carbonyl (C=O) groups excluding carboxylic acids is 3. The summed E-state index contributed by atoms with van der Waals surface area (Å²) in [7, 11) is 0. The highest BCUT2D eigenvalue weighted by atomic mass is 16.6. The van der Waals surface area contributed by atoms with Crippen molar-refractivity contribution in [1.82, 2.24) is 0 Å². The van der Waals surface area contributed by atoms with E-state index in [4.69, 9.17) is 14.2 Å². The highest BCUT2D eigenvalue weighted by Gasteiger charge is 2.19. The van der Waals surface area contributed by atoms with Crippen molar-refractivity contribution in [3.05, 3.63) is 85.1 Å². The molecule has 6 nitrogen and oxygen atoms in total. The standard InChI is InChI=1S/C74H130O6/c1-4-7-10-13-16-19-22-25-28-31-34-35-36-37-38-41-43-46-49-52-55-58-61-64-67-73(76)79-70-71(80-74(77)68-65-62-59-56-53-50-47-44-40-33-30-27-24-21-18-15-12-9-6-3)69-78-72(75)66-63-60-57-54-51-48-45-42-39-32-29-26-23-20-17-14-11-8-5-2/h9,12,17-18,20-21,26-27,29-30,39-40,42,44,71H,4-8,10-11,13-16,19,22-25,28,31-38,41,43,45-70H2,1-3H3/b12-9-,20-17-,21-18-,29-26-,30-27-,42-39-,44-40-. The Labute approximate surface area is 496 Å². The van der Waals surface area contributed by atoms with E-state index in [0.717, 1.165) is 116 Å². The van der Waals surface area contributed by atoms with Crippen molar-refractivity contribution in [1.29, 1.82) is 0 Å². The van der Waals surface area contributed by atoms with Gasteiger partial charge in [-0.2, -0.15) is 0 Å². The average molecular weight is 1120 g/mol. The third-order valence-electron chi connectivity index (χ3n) is 15.1. The van der Waals surface area contributed by atoms with Crippen molar-refractivity contribution >= 4 is 17.9 Å². The lowest BCUT2D eigenvalue weighted by Gasteiger charge is -2.18. The molecule has 0 spiro atoms. The lowest BCUT2D eigenvalue weighted by atomic mass is 10.0. The fourth-order valence-electron chi connectivity index (χ4n) is 9.97. The summed E-state index contributed by atoms with van der Waals surface area (Å²) in [6.45, 7) is 6.53. The number of esters is 3. The third-order valence-corrected chi connectivity index (χ3v) is 15.1. The highest BCUT2D eigenvalue weighted by Crippen LogP contribution is 2.18. The molecule has 0 aromatic heterocycles. The molecule has 462 valence electrons. The van der Waals surface area contributed by atoms with Gasteiger partial charge in [-0.15, -0.1) is 0 Å². The molecule has 0 aliphatic carbocycles. The van der Waals surface area contributed by atoms with Gasteiger partial charge in [0.05, 0.1) is 0 Å². The SMILES string of the molecule is CC/C=C\C/C=C\C/C=C\C/C=C\CCCCCCCCC(=O)OC(COC(=O)CCCCCCCC/C=C\C/C=C\C/C=C\CCCCC)COC(=O)CCCCCCCCCCCCCCCCCCCCCCCCCC. The van der Waals surface area contributed by atoms with Gasteiger partial charge in [-0.3, -0.25) is 14.4 Å². The summed E-state index contributed by atoms with van der Waals surface area (Å²) in [4.78, 5) is 38.5. The number of rotatable bonds is 63. The Bertz CT molecular complexity index is 1520. The van der Waals surface area contributed by atoms with Gasteiger partial charge < -0.3 is 14.2 Å². The first-order valence-corrected chi connectivity index (χ1v) is 34.6. The molecule has 6 heteroatoms. The van der Waals surface area contributed by atoms with E-state index in [0.29, 0.717) is 19.3 Å². The maximum atomic E-state index is 12.9. The molecule has 0 rings (SSSR count). The Kier molecular flexibility index (Phi) is 65.2. The molecular weight excluding hydrogens is 985 g/mol. The molecule has 0 aliphatic heterocycles. The predicted molar refractivity (Wildman–Crippen MR) is 348 cm³/mol. The molecule has 0 N–H and O–H groups in total. The van der Waals surface area contributed by atoms with Crippen molar-refractivity contribution in [3.63, 3.8) is 0 Å². The van der Waals surface area contributed by atoms with Crippen LogP contribution in [0.25, 0.3) is 0 Å². The Balaban J connectivity index is 4.37. The molecule has 0 aliphatic rings. The topological polar surface area (TPSA) is 78.9 Å². The first-order chi connectivity index (χ1) is 39.5. The molecule has 0 fully saturated rings. The summed E-state index contributed by atoms with van der Waals surface area (Å²) in [5, 5.41) is 0. The summed E-state index contributed by atoms with van der Waals surface area (Å²) >= 11 is 0. The largest absolute Gasteiger partial charge is 0.462 e. The van der Waals surface area contributed by atoms with Crippen LogP contribution in [0.5, 0.6) is 0 Å². The van der Waals surface area contributed by atoms with Crippen LogP contribution in [0.15, 0.2) is 85.1 Å². The second-order valence-electron chi connectivity index (χ2n) is 23.1. The number of hydrogen-bond donors (Lipinski definition) is 0. The number of hydrogen-bond acceptors (Lipinski definition) is 6. The average Bonchev–Trinajstić information content (AvgIpc) is 3.46. The summed E-state index contributed by atoms with van der Waals surface area (Å²) in [6.07, 6.45) is 90.3. The Morgan fingerprint density at radius 2 is 0.487 bits per heavy atom. The fraction of sp³-hybridized carbons (Fsp3) is 0.770. The van der Waals surface area contributed by atoms with Crippen LogP contribution in [0.4, 0.5) is 0 Å². The van der Waals surface area contributed by atoms with Crippen LogP contribution in [-0.4, -0.2) is 37.2 Å². The minimum Gasteiger partial charge on any atom is -0.462 e. The minimum absolute atomic E-state index is 0.0841. The third kappa shape index (κ3) is 65.4. The molecule has 0 bridgehead atoms. The molecule has 0 heterocycles. The highest BCUT2D eigenvalue weighted by molar-refractivity contribution is 5.71. The van der Waals surface area contributed by atoms with Gasteiger partial charge in [-0.25, -0.2) is 0 Å². The van der Waals surface area contributed by atoms with E-state index in [-0.39, 0.29) is 31.1 Å². The Hall–Kier alpha value is -3.41. The van der Waals surface area contributed by atoms with Crippen LogP contribution < -0.4 is 0 Å². The minimum atomic E-state index is -0.791. The van der Waals surface area contributed by atoms with Crippen molar-refractivity contribution in [3.8, 4) is 0 Å². The summed E-state index contributed by atoms with van der Waals surface area (Å²) in [5.41, 5.74) is 0. The molecule has 0 amide bonds. The molecule has 0 saturated carbocycles. The first-order valence-electron chi connectivity index (χ1n) is 34.6. The van der Waals surface area contributed by atoms with E-state index in [2.05, 4.69) is 106 Å². The van der Waals surface area contributed by atoms with Gasteiger partial charge >= 0.3 is 17.9 Å². The van der Waals surface area contributed by atoms with Gasteiger partial charge in [0, 0.05) is 19.3 Å². The molecule has 0 aromatic rings. The Morgan fingerprint density at radius 3 is 0.787 bits per heavy atom. The van der Waals surface area contributed by atoms with Crippen molar-refractivity contribution < 1.29 is 28.6 Å². The van der Waals surface area contributed by atoms with Crippen molar-refractivity contribution in [2.45, 2.75) is 354 Å². The van der Waals surface area contributed by atoms with Crippen LogP contribution in [0, 0.1) is 0 Å².